The van der Waals surface area contributed by atoms with Gasteiger partial charge in [0.1, 0.15) is 0 Å². The summed E-state index contributed by atoms with van der Waals surface area (Å²) in [6, 6.07) is 1.25. The molecule has 2 atom stereocenters. The van der Waals surface area contributed by atoms with Gasteiger partial charge in [0.2, 0.25) is 0 Å². The lowest BCUT2D eigenvalue weighted by Crippen LogP contribution is -2.53. The topological polar surface area (TPSA) is 41.9 Å². The van der Waals surface area contributed by atoms with Gasteiger partial charge in [-0.05, 0) is 25.7 Å². The maximum Gasteiger partial charge on any atom is 0.0818 e. The fourth-order valence-electron chi connectivity index (χ4n) is 3.92. The lowest BCUT2D eigenvalue weighted by Gasteiger charge is -2.43. The number of piperidine rings is 1. The Morgan fingerprint density at radius 1 is 1.22 bits per heavy atom. The molecule has 2 unspecified atom stereocenters. The number of hydrogen-bond donors (Lipinski definition) is 1. The van der Waals surface area contributed by atoms with Crippen LogP contribution < -0.4 is 0 Å². The quantitative estimate of drug-likeness (QED) is 0.822. The second-order valence-corrected chi connectivity index (χ2v) is 6.22. The van der Waals surface area contributed by atoms with E-state index in [1.165, 1.54) is 12.8 Å². The van der Waals surface area contributed by atoms with Gasteiger partial charge in [0.05, 0.1) is 11.7 Å². The molecule has 0 radical (unpaired) electrons. The zero-order valence-electron chi connectivity index (χ0n) is 11.3. The number of nitrogens with zero attached hydrogens (tertiary/aromatic N) is 1. The van der Waals surface area contributed by atoms with E-state index in [1.807, 2.05) is 7.11 Å². The molecule has 3 saturated heterocycles. The number of hydrogen-bond acceptors (Lipinski definition) is 4. The van der Waals surface area contributed by atoms with E-state index >= 15 is 0 Å². The Hall–Kier alpha value is -0.160. The Labute approximate surface area is 109 Å². The zero-order valence-corrected chi connectivity index (χ0v) is 11.3. The minimum atomic E-state index is -0.515. The molecule has 0 aromatic heterocycles. The van der Waals surface area contributed by atoms with Crippen molar-refractivity contribution in [2.45, 2.75) is 62.3 Å². The van der Waals surface area contributed by atoms with Crippen LogP contribution in [0.25, 0.3) is 0 Å². The van der Waals surface area contributed by atoms with E-state index in [2.05, 4.69) is 4.90 Å². The van der Waals surface area contributed by atoms with Crippen LogP contribution in [0.15, 0.2) is 0 Å². The second-order valence-electron chi connectivity index (χ2n) is 6.22. The largest absolute Gasteiger partial charge is 0.388 e. The molecular formula is C14H25NO3. The lowest BCUT2D eigenvalue weighted by atomic mass is 9.90. The number of methoxy groups -OCH3 is 1. The van der Waals surface area contributed by atoms with Gasteiger partial charge in [-0.1, -0.05) is 0 Å². The number of ether oxygens (including phenoxy) is 2. The molecule has 3 aliphatic heterocycles. The molecule has 0 spiro atoms. The van der Waals surface area contributed by atoms with Crippen molar-refractivity contribution >= 4 is 0 Å². The molecule has 0 saturated carbocycles. The highest BCUT2D eigenvalue weighted by atomic mass is 16.5. The van der Waals surface area contributed by atoms with Crippen LogP contribution in [0.4, 0.5) is 0 Å². The molecule has 104 valence electrons. The summed E-state index contributed by atoms with van der Waals surface area (Å²) in [4.78, 5) is 2.56. The first kappa shape index (κ1) is 12.9. The van der Waals surface area contributed by atoms with E-state index in [4.69, 9.17) is 9.47 Å². The predicted octanol–water partition coefficient (Wildman–Crippen LogP) is 1.17. The average molecular weight is 255 g/mol. The van der Waals surface area contributed by atoms with Crippen LogP contribution in [0.2, 0.25) is 0 Å². The van der Waals surface area contributed by atoms with Gasteiger partial charge in [-0.2, -0.15) is 0 Å². The van der Waals surface area contributed by atoms with Gasteiger partial charge in [0.25, 0.3) is 0 Å². The van der Waals surface area contributed by atoms with Crippen LogP contribution in [0.1, 0.15) is 38.5 Å². The van der Waals surface area contributed by atoms with Crippen molar-refractivity contribution in [3.05, 3.63) is 0 Å². The number of aliphatic hydroxyl groups is 1. The highest BCUT2D eigenvalue weighted by molar-refractivity contribution is 4.99. The van der Waals surface area contributed by atoms with Crippen molar-refractivity contribution in [2.24, 2.45) is 0 Å². The fraction of sp³-hybridized carbons (Fsp3) is 1.00. The Bertz CT molecular complexity index is 277. The van der Waals surface area contributed by atoms with Crippen molar-refractivity contribution in [3.63, 3.8) is 0 Å². The summed E-state index contributed by atoms with van der Waals surface area (Å²) >= 11 is 0. The Morgan fingerprint density at radius 2 is 1.83 bits per heavy atom. The Morgan fingerprint density at radius 3 is 2.39 bits per heavy atom. The minimum Gasteiger partial charge on any atom is -0.388 e. The molecule has 3 rings (SSSR count). The third kappa shape index (κ3) is 2.44. The predicted molar refractivity (Wildman–Crippen MR) is 68.5 cm³/mol. The lowest BCUT2D eigenvalue weighted by molar-refractivity contribution is -0.0982. The Kier molecular flexibility index (Phi) is 3.63. The molecule has 0 aromatic rings. The van der Waals surface area contributed by atoms with E-state index < -0.39 is 5.60 Å². The van der Waals surface area contributed by atoms with Crippen LogP contribution in [0.5, 0.6) is 0 Å². The van der Waals surface area contributed by atoms with Gasteiger partial charge in [0, 0.05) is 51.8 Å². The van der Waals surface area contributed by atoms with Gasteiger partial charge in [-0.3, -0.25) is 4.90 Å². The summed E-state index contributed by atoms with van der Waals surface area (Å²) < 4.78 is 10.9. The summed E-state index contributed by atoms with van der Waals surface area (Å²) in [7, 11) is 1.83. The van der Waals surface area contributed by atoms with Crippen molar-refractivity contribution in [1.29, 1.82) is 0 Å². The average Bonchev–Trinajstić information content (AvgIpc) is 2.62. The third-order valence-electron chi connectivity index (χ3n) is 5.07. The maximum atomic E-state index is 10.7. The summed E-state index contributed by atoms with van der Waals surface area (Å²) in [5.74, 6) is 0. The molecule has 18 heavy (non-hydrogen) atoms. The van der Waals surface area contributed by atoms with Crippen LogP contribution in [-0.2, 0) is 9.47 Å². The molecule has 3 fully saturated rings. The number of rotatable bonds is 3. The van der Waals surface area contributed by atoms with Crippen molar-refractivity contribution in [2.75, 3.05) is 26.9 Å². The van der Waals surface area contributed by atoms with Gasteiger partial charge in [-0.15, -0.1) is 0 Å². The van der Waals surface area contributed by atoms with Gasteiger partial charge in [-0.25, -0.2) is 0 Å². The molecule has 0 aromatic carbocycles. The number of fused-ring (bicyclic) bond motifs is 2. The first-order valence-electron chi connectivity index (χ1n) is 7.29. The van der Waals surface area contributed by atoms with Gasteiger partial charge < -0.3 is 14.6 Å². The van der Waals surface area contributed by atoms with Crippen molar-refractivity contribution < 1.29 is 14.6 Å². The SMILES string of the molecule is COC1CC2CCC(C1)N2CC1(O)CCOCC1. The Balaban J connectivity index is 1.63. The van der Waals surface area contributed by atoms with E-state index in [1.54, 1.807) is 0 Å². The van der Waals surface area contributed by atoms with Gasteiger partial charge in [0.15, 0.2) is 0 Å². The van der Waals surface area contributed by atoms with Crippen LogP contribution in [-0.4, -0.2) is 60.7 Å². The van der Waals surface area contributed by atoms with E-state index in [0.29, 0.717) is 31.4 Å². The fourth-order valence-corrected chi connectivity index (χ4v) is 3.92. The third-order valence-corrected chi connectivity index (χ3v) is 5.07. The molecule has 2 bridgehead atoms. The first-order valence-corrected chi connectivity index (χ1v) is 7.29. The summed E-state index contributed by atoms with van der Waals surface area (Å²) in [6.45, 7) is 2.25. The molecule has 4 nitrogen and oxygen atoms in total. The molecule has 4 heteroatoms. The zero-order chi connectivity index (χ0) is 12.6. The second kappa shape index (κ2) is 5.08. The van der Waals surface area contributed by atoms with E-state index in [-0.39, 0.29) is 0 Å². The normalized spacial score (nSPS) is 40.0. The molecule has 0 amide bonds. The summed E-state index contributed by atoms with van der Waals surface area (Å²) in [6.07, 6.45) is 6.84. The van der Waals surface area contributed by atoms with Crippen LogP contribution in [0, 0.1) is 0 Å². The minimum absolute atomic E-state index is 0.433. The highest BCUT2D eigenvalue weighted by Gasteiger charge is 2.44. The molecule has 1 N–H and O–H groups in total. The molecule has 0 aliphatic carbocycles. The van der Waals surface area contributed by atoms with Crippen LogP contribution >= 0.6 is 0 Å². The summed E-state index contributed by atoms with van der Waals surface area (Å²) in [5.41, 5.74) is -0.515. The summed E-state index contributed by atoms with van der Waals surface area (Å²) in [5, 5.41) is 10.7. The van der Waals surface area contributed by atoms with E-state index in [9.17, 15) is 5.11 Å². The monoisotopic (exact) mass is 255 g/mol. The molecule has 3 aliphatic rings. The van der Waals surface area contributed by atoms with Crippen molar-refractivity contribution in [3.8, 4) is 0 Å². The highest BCUT2D eigenvalue weighted by Crippen LogP contribution is 2.38. The van der Waals surface area contributed by atoms with Crippen molar-refractivity contribution in [1.82, 2.24) is 4.90 Å². The van der Waals surface area contributed by atoms with Gasteiger partial charge >= 0.3 is 0 Å². The van der Waals surface area contributed by atoms with Crippen LogP contribution in [0.3, 0.4) is 0 Å². The first-order chi connectivity index (χ1) is 8.70. The maximum absolute atomic E-state index is 10.7. The van der Waals surface area contributed by atoms with E-state index in [0.717, 1.165) is 32.2 Å². The standard InChI is InChI=1S/C14H25NO3/c1-17-13-8-11-2-3-12(9-13)15(11)10-14(16)4-6-18-7-5-14/h11-13,16H,2-10H2,1H3. The smallest absolute Gasteiger partial charge is 0.0818 e. The molecular weight excluding hydrogens is 230 g/mol. The molecule has 3 heterocycles.